The molecule has 2 heterocycles. The number of rotatable bonds is 6. The maximum Gasteiger partial charge on any atom is 0.356 e. The largest absolute Gasteiger partial charge is 0.476 e. The van der Waals surface area contributed by atoms with Crippen LogP contribution in [0.5, 0.6) is 0 Å². The highest BCUT2D eigenvalue weighted by molar-refractivity contribution is 5.89. The standard InChI is InChI=1S/C17H17N5O3/c1-12-4-2-3-5-13(12)10-21-9-7-15(20-21)18-16(23)11-22-8-6-14(19-22)17(24)25/h2-9H,10-11H2,1H3,(H,24,25)(H,18,20,23). The fourth-order valence-electron chi connectivity index (χ4n) is 2.37. The van der Waals surface area contributed by atoms with Gasteiger partial charge in [-0.1, -0.05) is 24.3 Å². The van der Waals surface area contributed by atoms with E-state index in [1.165, 1.54) is 22.5 Å². The predicted octanol–water partition coefficient (Wildman–Crippen LogP) is 1.77. The molecular weight excluding hydrogens is 322 g/mol. The van der Waals surface area contributed by atoms with Gasteiger partial charge in [0, 0.05) is 18.5 Å². The van der Waals surface area contributed by atoms with Crippen LogP contribution in [0.25, 0.3) is 0 Å². The van der Waals surface area contributed by atoms with Crippen molar-refractivity contribution in [2.45, 2.75) is 20.0 Å². The van der Waals surface area contributed by atoms with Crippen LogP contribution in [0.15, 0.2) is 48.8 Å². The number of benzene rings is 1. The summed E-state index contributed by atoms with van der Waals surface area (Å²) in [6, 6.07) is 11.1. The molecule has 2 N–H and O–H groups in total. The van der Waals surface area contributed by atoms with E-state index in [1.54, 1.807) is 16.9 Å². The van der Waals surface area contributed by atoms with Crippen molar-refractivity contribution in [2.24, 2.45) is 0 Å². The van der Waals surface area contributed by atoms with Crippen molar-refractivity contribution in [1.82, 2.24) is 19.6 Å². The number of carboxylic acids is 1. The van der Waals surface area contributed by atoms with Crippen LogP contribution in [0.4, 0.5) is 5.82 Å². The SMILES string of the molecule is Cc1ccccc1Cn1ccc(NC(=O)Cn2ccc(C(=O)O)n2)n1. The number of aromatic carboxylic acids is 1. The molecule has 8 nitrogen and oxygen atoms in total. The van der Waals surface area contributed by atoms with Crippen molar-refractivity contribution >= 4 is 17.7 Å². The van der Waals surface area contributed by atoms with E-state index in [-0.39, 0.29) is 18.1 Å². The number of anilines is 1. The van der Waals surface area contributed by atoms with E-state index in [9.17, 15) is 9.59 Å². The first kappa shape index (κ1) is 16.4. The average Bonchev–Trinajstić information content (AvgIpc) is 3.19. The van der Waals surface area contributed by atoms with E-state index in [4.69, 9.17) is 5.11 Å². The lowest BCUT2D eigenvalue weighted by molar-refractivity contribution is -0.116. The number of hydrogen-bond acceptors (Lipinski definition) is 4. The number of carbonyl (C=O) groups is 2. The van der Waals surface area contributed by atoms with Crippen LogP contribution >= 0.6 is 0 Å². The minimum Gasteiger partial charge on any atom is -0.476 e. The normalized spacial score (nSPS) is 10.6. The van der Waals surface area contributed by atoms with Crippen molar-refractivity contribution < 1.29 is 14.7 Å². The third kappa shape index (κ3) is 4.11. The zero-order valence-corrected chi connectivity index (χ0v) is 13.6. The summed E-state index contributed by atoms with van der Waals surface area (Å²) in [7, 11) is 0. The van der Waals surface area contributed by atoms with E-state index in [1.807, 2.05) is 31.2 Å². The van der Waals surface area contributed by atoms with Gasteiger partial charge in [-0.2, -0.15) is 10.2 Å². The molecule has 0 atom stereocenters. The molecule has 0 saturated carbocycles. The number of nitrogens with one attached hydrogen (secondary N) is 1. The van der Waals surface area contributed by atoms with E-state index in [0.717, 1.165) is 5.56 Å². The van der Waals surface area contributed by atoms with E-state index >= 15 is 0 Å². The molecule has 3 rings (SSSR count). The third-order valence-corrected chi connectivity index (χ3v) is 3.67. The van der Waals surface area contributed by atoms with Gasteiger partial charge in [-0.15, -0.1) is 0 Å². The molecule has 1 aromatic carbocycles. The molecule has 128 valence electrons. The van der Waals surface area contributed by atoms with E-state index in [2.05, 4.69) is 15.5 Å². The van der Waals surface area contributed by atoms with Crippen LogP contribution in [0.3, 0.4) is 0 Å². The summed E-state index contributed by atoms with van der Waals surface area (Å²) in [5.74, 6) is -1.03. The minimum atomic E-state index is -1.13. The van der Waals surface area contributed by atoms with Crippen molar-refractivity contribution in [3.8, 4) is 0 Å². The highest BCUT2D eigenvalue weighted by atomic mass is 16.4. The number of aromatic nitrogens is 4. The highest BCUT2D eigenvalue weighted by Crippen LogP contribution is 2.10. The molecule has 0 unspecified atom stereocenters. The number of carbonyl (C=O) groups excluding carboxylic acids is 1. The molecule has 0 saturated heterocycles. The molecule has 0 fully saturated rings. The Morgan fingerprint density at radius 3 is 2.56 bits per heavy atom. The molecule has 0 aliphatic heterocycles. The summed E-state index contributed by atoms with van der Waals surface area (Å²) < 4.78 is 3.01. The average molecular weight is 339 g/mol. The number of nitrogens with zero attached hydrogens (tertiary/aromatic N) is 4. The smallest absolute Gasteiger partial charge is 0.356 e. The van der Waals surface area contributed by atoms with Crippen LogP contribution in [-0.4, -0.2) is 36.5 Å². The molecular formula is C17H17N5O3. The van der Waals surface area contributed by atoms with Gasteiger partial charge in [0.15, 0.2) is 11.5 Å². The summed E-state index contributed by atoms with van der Waals surface area (Å²) in [5, 5.41) is 19.6. The lowest BCUT2D eigenvalue weighted by Crippen LogP contribution is -2.20. The van der Waals surface area contributed by atoms with Gasteiger partial charge in [0.25, 0.3) is 0 Å². The summed E-state index contributed by atoms with van der Waals surface area (Å²) in [6.07, 6.45) is 3.23. The molecule has 2 aromatic heterocycles. The number of aryl methyl sites for hydroxylation is 1. The lowest BCUT2D eigenvalue weighted by Gasteiger charge is -2.05. The quantitative estimate of drug-likeness (QED) is 0.712. The Balaban J connectivity index is 1.59. The van der Waals surface area contributed by atoms with E-state index in [0.29, 0.717) is 12.4 Å². The predicted molar refractivity (Wildman–Crippen MR) is 90.3 cm³/mol. The molecule has 0 spiro atoms. The van der Waals surface area contributed by atoms with Crippen molar-refractivity contribution in [3.05, 3.63) is 65.6 Å². The first-order valence-corrected chi connectivity index (χ1v) is 7.66. The topological polar surface area (TPSA) is 102 Å². The maximum atomic E-state index is 12.0. The first-order chi connectivity index (χ1) is 12.0. The van der Waals surface area contributed by atoms with Gasteiger partial charge in [0.05, 0.1) is 6.54 Å². The van der Waals surface area contributed by atoms with Crippen LogP contribution in [-0.2, 0) is 17.9 Å². The number of carboxylic acid groups (broad SMARTS) is 1. The Bertz CT molecular complexity index is 912. The summed E-state index contributed by atoms with van der Waals surface area (Å²) in [5.41, 5.74) is 2.23. The summed E-state index contributed by atoms with van der Waals surface area (Å²) in [4.78, 5) is 22.8. The second-order valence-corrected chi connectivity index (χ2v) is 5.58. The van der Waals surface area contributed by atoms with Crippen molar-refractivity contribution in [3.63, 3.8) is 0 Å². The van der Waals surface area contributed by atoms with Crippen LogP contribution in [0, 0.1) is 6.92 Å². The van der Waals surface area contributed by atoms with Gasteiger partial charge in [0.2, 0.25) is 5.91 Å². The Kier molecular flexibility index (Phi) is 4.60. The first-order valence-electron chi connectivity index (χ1n) is 7.66. The van der Waals surface area contributed by atoms with Crippen molar-refractivity contribution in [1.29, 1.82) is 0 Å². The van der Waals surface area contributed by atoms with Crippen LogP contribution in [0.2, 0.25) is 0 Å². The fourth-order valence-corrected chi connectivity index (χ4v) is 2.37. The van der Waals surface area contributed by atoms with Crippen molar-refractivity contribution in [2.75, 3.05) is 5.32 Å². The second kappa shape index (κ2) is 7.00. The van der Waals surface area contributed by atoms with Gasteiger partial charge >= 0.3 is 5.97 Å². The molecule has 0 bridgehead atoms. The second-order valence-electron chi connectivity index (χ2n) is 5.58. The summed E-state index contributed by atoms with van der Waals surface area (Å²) >= 11 is 0. The zero-order valence-electron chi connectivity index (χ0n) is 13.6. The molecule has 1 amide bonds. The Labute approximate surface area is 143 Å². The minimum absolute atomic E-state index is 0.0854. The highest BCUT2D eigenvalue weighted by Gasteiger charge is 2.10. The van der Waals surface area contributed by atoms with Crippen LogP contribution < -0.4 is 5.32 Å². The summed E-state index contributed by atoms with van der Waals surface area (Å²) in [6.45, 7) is 2.57. The molecule has 0 radical (unpaired) electrons. The van der Waals surface area contributed by atoms with E-state index < -0.39 is 5.97 Å². The monoisotopic (exact) mass is 339 g/mol. The molecule has 8 heteroatoms. The number of hydrogen-bond donors (Lipinski definition) is 2. The van der Waals surface area contributed by atoms with Gasteiger partial charge < -0.3 is 10.4 Å². The van der Waals surface area contributed by atoms with Crippen LogP contribution in [0.1, 0.15) is 21.6 Å². The van der Waals surface area contributed by atoms with Gasteiger partial charge in [-0.25, -0.2) is 4.79 Å². The Morgan fingerprint density at radius 1 is 1.08 bits per heavy atom. The number of amides is 1. The lowest BCUT2D eigenvalue weighted by atomic mass is 10.1. The molecule has 25 heavy (non-hydrogen) atoms. The van der Waals surface area contributed by atoms with Gasteiger partial charge in [-0.3, -0.25) is 14.2 Å². The third-order valence-electron chi connectivity index (χ3n) is 3.67. The molecule has 0 aliphatic carbocycles. The molecule has 0 aliphatic rings. The maximum absolute atomic E-state index is 12.0. The Morgan fingerprint density at radius 2 is 1.84 bits per heavy atom. The van der Waals surface area contributed by atoms with Gasteiger partial charge in [0.1, 0.15) is 6.54 Å². The molecule has 3 aromatic rings. The Hall–Kier alpha value is -3.42. The fraction of sp³-hybridized carbons (Fsp3) is 0.176. The van der Waals surface area contributed by atoms with Gasteiger partial charge in [-0.05, 0) is 24.1 Å². The zero-order chi connectivity index (χ0) is 17.8.